The molecule has 4 aromatic carbocycles. The van der Waals surface area contributed by atoms with E-state index >= 15 is 0 Å². The molecule has 0 fully saturated rings. The van der Waals surface area contributed by atoms with Crippen LogP contribution < -0.4 is 10.1 Å². The Bertz CT molecular complexity index is 1610. The van der Waals surface area contributed by atoms with Crippen LogP contribution in [0.4, 0.5) is 5.69 Å². The van der Waals surface area contributed by atoms with E-state index in [1.165, 1.54) is 11.8 Å². The number of carbonyl (C=O) groups is 1. The molecule has 0 aliphatic rings. The summed E-state index contributed by atoms with van der Waals surface area (Å²) in [5.74, 6) is 1.34. The smallest absolute Gasteiger partial charge is 0.234 e. The highest BCUT2D eigenvalue weighted by Gasteiger charge is 2.17. The number of aromatic nitrogens is 1. The van der Waals surface area contributed by atoms with Crippen molar-refractivity contribution in [2.45, 2.75) is 11.9 Å². The summed E-state index contributed by atoms with van der Waals surface area (Å²) in [4.78, 5) is 17.6. The van der Waals surface area contributed by atoms with Crippen LogP contribution in [-0.2, 0) is 4.79 Å². The second-order valence-electron chi connectivity index (χ2n) is 8.86. The average Bonchev–Trinajstić information content (AvgIpc) is 2.98. The van der Waals surface area contributed by atoms with Gasteiger partial charge in [0.25, 0.3) is 0 Å². The molecule has 1 heterocycles. The van der Waals surface area contributed by atoms with Crippen LogP contribution in [-0.4, -0.2) is 16.6 Å². The number of ether oxygens (including phenoxy) is 1. The van der Waals surface area contributed by atoms with E-state index in [0.717, 1.165) is 33.7 Å². The molecule has 5 aromatic rings. The van der Waals surface area contributed by atoms with E-state index in [9.17, 15) is 10.1 Å². The first-order valence-corrected chi connectivity index (χ1v) is 13.4. The molecule has 5 rings (SSSR count). The molecule has 0 unspecified atom stereocenters. The number of hydrogen-bond donors (Lipinski definition) is 1. The Labute approximate surface area is 232 Å². The predicted octanol–water partition coefficient (Wildman–Crippen LogP) is 8.12. The van der Waals surface area contributed by atoms with Crippen LogP contribution in [0.3, 0.4) is 0 Å². The Morgan fingerprint density at radius 3 is 2.15 bits per heavy atom. The van der Waals surface area contributed by atoms with Gasteiger partial charge in [0.15, 0.2) is 0 Å². The molecule has 1 N–H and O–H groups in total. The molecule has 0 spiro atoms. The number of para-hydroxylation sites is 1. The van der Waals surface area contributed by atoms with Gasteiger partial charge in [0, 0.05) is 16.8 Å². The van der Waals surface area contributed by atoms with E-state index in [0.29, 0.717) is 22.0 Å². The van der Waals surface area contributed by atoms with E-state index in [1.807, 2.05) is 110 Å². The number of anilines is 1. The van der Waals surface area contributed by atoms with Crippen LogP contribution in [0.25, 0.3) is 22.4 Å². The molecule has 6 heteroatoms. The summed E-state index contributed by atoms with van der Waals surface area (Å²) in [6.07, 6.45) is 0. The number of benzene rings is 4. The molecular formula is C33H25N3O2S. The van der Waals surface area contributed by atoms with Crippen molar-refractivity contribution in [2.75, 3.05) is 11.1 Å². The summed E-state index contributed by atoms with van der Waals surface area (Å²) in [5.41, 5.74) is 5.69. The normalized spacial score (nSPS) is 10.5. The van der Waals surface area contributed by atoms with Gasteiger partial charge in [-0.25, -0.2) is 4.98 Å². The third-order valence-corrected chi connectivity index (χ3v) is 6.96. The lowest BCUT2D eigenvalue weighted by Gasteiger charge is -2.13. The van der Waals surface area contributed by atoms with Crippen LogP contribution >= 0.6 is 11.8 Å². The molecule has 0 aliphatic heterocycles. The second-order valence-corrected chi connectivity index (χ2v) is 9.82. The number of aryl methyl sites for hydroxylation is 1. The highest BCUT2D eigenvalue weighted by atomic mass is 32.2. The predicted molar refractivity (Wildman–Crippen MR) is 157 cm³/mol. The SMILES string of the molecule is Cc1ccc(-c2cc(-c3ccccc3)c(C#N)c(SCC(=O)Nc3ccc(Oc4ccccc4)cc3)n2)cc1. The molecular weight excluding hydrogens is 502 g/mol. The van der Waals surface area contributed by atoms with E-state index in [2.05, 4.69) is 11.4 Å². The molecule has 1 amide bonds. The summed E-state index contributed by atoms with van der Waals surface area (Å²) >= 11 is 1.25. The molecule has 0 saturated heterocycles. The summed E-state index contributed by atoms with van der Waals surface area (Å²) in [7, 11) is 0. The summed E-state index contributed by atoms with van der Waals surface area (Å²) < 4.78 is 5.82. The quantitative estimate of drug-likeness (QED) is 0.206. The molecule has 39 heavy (non-hydrogen) atoms. The van der Waals surface area contributed by atoms with Gasteiger partial charge in [-0.05, 0) is 55.0 Å². The Morgan fingerprint density at radius 1 is 0.846 bits per heavy atom. The van der Waals surface area contributed by atoms with Gasteiger partial charge in [-0.15, -0.1) is 0 Å². The molecule has 0 atom stereocenters. The number of nitrogens with one attached hydrogen (secondary N) is 1. The second kappa shape index (κ2) is 12.1. The van der Waals surface area contributed by atoms with Crippen molar-refractivity contribution in [2.24, 2.45) is 0 Å². The number of thioether (sulfide) groups is 1. The maximum atomic E-state index is 12.8. The lowest BCUT2D eigenvalue weighted by atomic mass is 9.99. The minimum atomic E-state index is -0.190. The van der Waals surface area contributed by atoms with E-state index < -0.39 is 0 Å². The van der Waals surface area contributed by atoms with Gasteiger partial charge in [0.05, 0.1) is 17.0 Å². The summed E-state index contributed by atoms with van der Waals surface area (Å²) in [6.45, 7) is 2.04. The number of rotatable bonds is 8. The van der Waals surface area contributed by atoms with Gasteiger partial charge in [0.1, 0.15) is 22.6 Å². The zero-order valence-corrected chi connectivity index (χ0v) is 22.1. The largest absolute Gasteiger partial charge is 0.457 e. The van der Waals surface area contributed by atoms with Crippen LogP contribution in [0, 0.1) is 18.3 Å². The lowest BCUT2D eigenvalue weighted by molar-refractivity contribution is -0.113. The van der Waals surface area contributed by atoms with Crippen molar-refractivity contribution in [1.82, 2.24) is 4.98 Å². The van der Waals surface area contributed by atoms with Crippen molar-refractivity contribution < 1.29 is 9.53 Å². The fourth-order valence-corrected chi connectivity index (χ4v) is 4.82. The number of amides is 1. The third-order valence-electron chi connectivity index (χ3n) is 5.99. The minimum Gasteiger partial charge on any atom is -0.457 e. The van der Waals surface area contributed by atoms with Crippen molar-refractivity contribution in [3.05, 3.63) is 126 Å². The van der Waals surface area contributed by atoms with Crippen LogP contribution in [0.5, 0.6) is 11.5 Å². The van der Waals surface area contributed by atoms with E-state index in [-0.39, 0.29) is 11.7 Å². The lowest BCUT2D eigenvalue weighted by Crippen LogP contribution is -2.14. The number of carbonyl (C=O) groups excluding carboxylic acids is 1. The fraction of sp³-hybridized carbons (Fsp3) is 0.0606. The molecule has 0 saturated carbocycles. The topological polar surface area (TPSA) is 75.0 Å². The van der Waals surface area contributed by atoms with Gasteiger partial charge < -0.3 is 10.1 Å². The van der Waals surface area contributed by atoms with Crippen LogP contribution in [0.2, 0.25) is 0 Å². The first kappa shape index (κ1) is 25.8. The van der Waals surface area contributed by atoms with Crippen molar-refractivity contribution >= 4 is 23.4 Å². The fourth-order valence-electron chi connectivity index (χ4n) is 4.01. The molecule has 0 aliphatic carbocycles. The molecule has 1 aromatic heterocycles. The van der Waals surface area contributed by atoms with E-state index in [4.69, 9.17) is 9.72 Å². The average molecular weight is 528 g/mol. The minimum absolute atomic E-state index is 0.107. The summed E-state index contributed by atoms with van der Waals surface area (Å²) in [6, 6.07) is 38.9. The number of hydrogen-bond acceptors (Lipinski definition) is 5. The van der Waals surface area contributed by atoms with Crippen LogP contribution in [0.1, 0.15) is 11.1 Å². The zero-order chi connectivity index (χ0) is 27.0. The summed E-state index contributed by atoms with van der Waals surface area (Å²) in [5, 5.41) is 13.5. The molecule has 190 valence electrons. The Kier molecular flexibility index (Phi) is 8.01. The van der Waals surface area contributed by atoms with Gasteiger partial charge in [-0.2, -0.15) is 5.26 Å². The first-order chi connectivity index (χ1) is 19.1. The van der Waals surface area contributed by atoms with Crippen LogP contribution in [0.15, 0.2) is 120 Å². The molecule has 0 radical (unpaired) electrons. The first-order valence-electron chi connectivity index (χ1n) is 12.4. The Hall–Kier alpha value is -4.86. The monoisotopic (exact) mass is 527 g/mol. The highest BCUT2D eigenvalue weighted by molar-refractivity contribution is 8.00. The van der Waals surface area contributed by atoms with Gasteiger partial charge in [0.2, 0.25) is 5.91 Å². The maximum Gasteiger partial charge on any atom is 0.234 e. The number of nitrogens with zero attached hydrogens (tertiary/aromatic N) is 2. The molecule has 0 bridgehead atoms. The number of nitriles is 1. The highest BCUT2D eigenvalue weighted by Crippen LogP contribution is 2.34. The van der Waals surface area contributed by atoms with Crippen molar-refractivity contribution in [3.8, 4) is 40.0 Å². The van der Waals surface area contributed by atoms with Gasteiger partial charge >= 0.3 is 0 Å². The van der Waals surface area contributed by atoms with Crippen molar-refractivity contribution in [3.63, 3.8) is 0 Å². The standard InChI is InChI=1S/C33H25N3O2S/c1-23-12-14-25(15-13-23)31-20-29(24-8-4-2-5-9-24)30(21-34)33(36-31)39-22-32(37)35-26-16-18-28(19-17-26)38-27-10-6-3-7-11-27/h2-20H,22H2,1H3,(H,35,37). The van der Waals surface area contributed by atoms with Gasteiger partial charge in [-0.1, -0.05) is 90.1 Å². The van der Waals surface area contributed by atoms with Crippen molar-refractivity contribution in [1.29, 1.82) is 5.26 Å². The Balaban J connectivity index is 1.34. The third kappa shape index (κ3) is 6.53. The maximum absolute atomic E-state index is 12.8. The van der Waals surface area contributed by atoms with E-state index in [1.54, 1.807) is 12.1 Å². The molecule has 5 nitrogen and oxygen atoms in total. The van der Waals surface area contributed by atoms with Gasteiger partial charge in [-0.3, -0.25) is 4.79 Å². The number of pyridine rings is 1. The Morgan fingerprint density at radius 2 is 1.49 bits per heavy atom. The zero-order valence-electron chi connectivity index (χ0n) is 21.3.